The van der Waals surface area contributed by atoms with Crippen LogP contribution in [0.15, 0.2) is 30.3 Å². The molecule has 0 spiro atoms. The summed E-state index contributed by atoms with van der Waals surface area (Å²) in [6.07, 6.45) is 2.15. The molecule has 1 heterocycles. The average Bonchev–Trinajstić information content (AvgIpc) is 2.64. The van der Waals surface area contributed by atoms with E-state index in [1.807, 2.05) is 6.07 Å². The van der Waals surface area contributed by atoms with E-state index in [1.165, 1.54) is 17.4 Å². The Morgan fingerprint density at radius 2 is 2.00 bits per heavy atom. The number of carbonyl (C=O) groups is 2. The van der Waals surface area contributed by atoms with Gasteiger partial charge in [0, 0.05) is 9.58 Å². The Hall–Kier alpha value is -2.14. The van der Waals surface area contributed by atoms with Crippen molar-refractivity contribution in [3.8, 4) is 5.75 Å². The predicted molar refractivity (Wildman–Crippen MR) is 62.9 cm³/mol. The van der Waals surface area contributed by atoms with E-state index in [0.29, 0.717) is 10.3 Å². The first-order chi connectivity index (χ1) is 8.09. The first kappa shape index (κ1) is 11.3. The molecular formula is C12H7O4S-. The number of fused-ring (bicyclic) bond motifs is 1. The van der Waals surface area contributed by atoms with Crippen molar-refractivity contribution in [1.82, 2.24) is 0 Å². The highest BCUT2D eigenvalue weighted by Gasteiger charge is 2.07. The van der Waals surface area contributed by atoms with Crippen molar-refractivity contribution in [2.45, 2.75) is 0 Å². The lowest BCUT2D eigenvalue weighted by molar-refractivity contribution is -0.265. The number of hydrogen-bond donors (Lipinski definition) is 1. The van der Waals surface area contributed by atoms with E-state index in [0.717, 1.165) is 10.8 Å². The van der Waals surface area contributed by atoms with Gasteiger partial charge in [0.15, 0.2) is 0 Å². The number of thiophene rings is 1. The standard InChI is InChI=1S/C12H8O4S/c13-8(12(15)16)5-6-10-11(14)7-3-1-2-4-9(7)17-10/h1-6,14H,(H,15,16)/p-1/b6-5-. The Morgan fingerprint density at radius 3 is 2.65 bits per heavy atom. The third-order valence-electron chi connectivity index (χ3n) is 2.17. The number of aliphatic carboxylic acids is 1. The van der Waals surface area contributed by atoms with E-state index in [2.05, 4.69) is 0 Å². The zero-order chi connectivity index (χ0) is 12.4. The Bertz CT molecular complexity index is 624. The first-order valence-corrected chi connectivity index (χ1v) is 5.55. The lowest BCUT2D eigenvalue weighted by Gasteiger charge is -2.03. The van der Waals surface area contributed by atoms with Gasteiger partial charge in [0.05, 0.1) is 0 Å². The summed E-state index contributed by atoms with van der Waals surface area (Å²) in [4.78, 5) is 21.5. The molecule has 0 saturated carbocycles. The van der Waals surface area contributed by atoms with E-state index in [9.17, 15) is 14.7 Å². The highest BCUT2D eigenvalue weighted by molar-refractivity contribution is 7.20. The molecule has 5 heteroatoms. The van der Waals surface area contributed by atoms with Gasteiger partial charge in [0.25, 0.3) is 5.78 Å². The summed E-state index contributed by atoms with van der Waals surface area (Å²) in [5.41, 5.74) is 0. The summed E-state index contributed by atoms with van der Waals surface area (Å²) in [5.74, 6) is -2.75. The Labute approximate surface area is 100 Å². The van der Waals surface area contributed by atoms with Crippen molar-refractivity contribution in [2.24, 2.45) is 0 Å². The largest absolute Gasteiger partial charge is 0.871 e. The Balaban J connectivity index is 2.40. The number of rotatable bonds is 3. The highest BCUT2D eigenvalue weighted by Crippen LogP contribution is 2.35. The fourth-order valence-corrected chi connectivity index (χ4v) is 2.37. The van der Waals surface area contributed by atoms with Crippen molar-refractivity contribution < 1.29 is 19.8 Å². The second-order valence-corrected chi connectivity index (χ2v) is 4.38. The van der Waals surface area contributed by atoms with Gasteiger partial charge in [-0.3, -0.25) is 4.79 Å². The fourth-order valence-electron chi connectivity index (χ4n) is 1.37. The van der Waals surface area contributed by atoms with Gasteiger partial charge in [0.2, 0.25) is 0 Å². The van der Waals surface area contributed by atoms with E-state index in [1.54, 1.807) is 18.2 Å². The maximum atomic E-state index is 11.8. The lowest BCUT2D eigenvalue weighted by atomic mass is 10.2. The Morgan fingerprint density at radius 1 is 1.29 bits per heavy atom. The van der Waals surface area contributed by atoms with Gasteiger partial charge in [-0.1, -0.05) is 23.9 Å². The molecule has 1 aromatic carbocycles. The molecule has 0 atom stereocenters. The van der Waals surface area contributed by atoms with Crippen LogP contribution in [-0.2, 0) is 9.59 Å². The molecule has 4 nitrogen and oxygen atoms in total. The number of ketones is 1. The van der Waals surface area contributed by atoms with E-state index >= 15 is 0 Å². The van der Waals surface area contributed by atoms with Crippen LogP contribution in [0.3, 0.4) is 0 Å². The van der Waals surface area contributed by atoms with E-state index in [-0.39, 0.29) is 5.75 Å². The molecule has 0 radical (unpaired) electrons. The molecule has 0 aliphatic heterocycles. The molecule has 2 aromatic rings. The molecular weight excluding hydrogens is 240 g/mol. The average molecular weight is 247 g/mol. The minimum atomic E-state index is -1.53. The third-order valence-corrected chi connectivity index (χ3v) is 3.29. The van der Waals surface area contributed by atoms with E-state index in [4.69, 9.17) is 5.11 Å². The molecule has 0 fully saturated rings. The summed E-state index contributed by atoms with van der Waals surface area (Å²) in [7, 11) is 0. The lowest BCUT2D eigenvalue weighted by Crippen LogP contribution is -2.08. The minimum Gasteiger partial charge on any atom is -0.871 e. The van der Waals surface area contributed by atoms with Crippen LogP contribution < -0.4 is 5.11 Å². The van der Waals surface area contributed by atoms with Crippen molar-refractivity contribution >= 4 is 39.3 Å². The van der Waals surface area contributed by atoms with E-state index < -0.39 is 11.8 Å². The van der Waals surface area contributed by atoms with Crippen LogP contribution >= 0.6 is 11.3 Å². The van der Waals surface area contributed by atoms with Gasteiger partial charge in [-0.25, -0.2) is 4.79 Å². The molecule has 17 heavy (non-hydrogen) atoms. The molecule has 0 saturated heterocycles. The monoisotopic (exact) mass is 247 g/mol. The van der Waals surface area contributed by atoms with Crippen molar-refractivity contribution in [2.75, 3.05) is 0 Å². The van der Waals surface area contributed by atoms with Gasteiger partial charge in [-0.2, -0.15) is 0 Å². The molecule has 0 bridgehead atoms. The van der Waals surface area contributed by atoms with Crippen LogP contribution in [0.1, 0.15) is 4.88 Å². The van der Waals surface area contributed by atoms with Crippen LogP contribution in [0.4, 0.5) is 0 Å². The summed E-state index contributed by atoms with van der Waals surface area (Å²) in [6, 6.07) is 7.07. The summed E-state index contributed by atoms with van der Waals surface area (Å²) >= 11 is 1.23. The second kappa shape index (κ2) is 4.39. The predicted octanol–water partition coefficient (Wildman–Crippen LogP) is 1.64. The topological polar surface area (TPSA) is 77.4 Å². The van der Waals surface area contributed by atoms with Crippen molar-refractivity contribution in [3.63, 3.8) is 0 Å². The van der Waals surface area contributed by atoms with Crippen LogP contribution in [-0.4, -0.2) is 16.9 Å². The minimum absolute atomic E-state index is 0.181. The quantitative estimate of drug-likeness (QED) is 0.660. The molecule has 0 aliphatic carbocycles. The second-order valence-electron chi connectivity index (χ2n) is 3.29. The normalized spacial score (nSPS) is 11.1. The summed E-state index contributed by atoms with van der Waals surface area (Å²) in [5, 5.41) is 20.8. The molecule has 2 rings (SSSR count). The van der Waals surface area contributed by atoms with Crippen molar-refractivity contribution in [3.05, 3.63) is 35.2 Å². The van der Waals surface area contributed by atoms with Gasteiger partial charge in [0.1, 0.15) is 0 Å². The zero-order valence-electron chi connectivity index (χ0n) is 8.54. The smallest absolute Gasteiger partial charge is 0.376 e. The summed E-state index contributed by atoms with van der Waals surface area (Å²) < 4.78 is 0.819. The first-order valence-electron chi connectivity index (χ1n) is 4.73. The molecule has 0 amide bonds. The number of carboxylic acid groups (broad SMARTS) is 1. The number of carboxylic acids is 1. The Kier molecular flexibility index (Phi) is 2.93. The van der Waals surface area contributed by atoms with Crippen LogP contribution in [0.2, 0.25) is 0 Å². The third kappa shape index (κ3) is 2.19. The number of hydrogen-bond acceptors (Lipinski definition) is 4. The maximum absolute atomic E-state index is 11.8. The van der Waals surface area contributed by atoms with Gasteiger partial charge >= 0.3 is 5.97 Å². The van der Waals surface area contributed by atoms with Gasteiger partial charge in [-0.05, 0) is 23.6 Å². The highest BCUT2D eigenvalue weighted by atomic mass is 32.1. The van der Waals surface area contributed by atoms with Crippen LogP contribution in [0, 0.1) is 0 Å². The van der Waals surface area contributed by atoms with Crippen LogP contribution in [0.5, 0.6) is 5.75 Å². The summed E-state index contributed by atoms with van der Waals surface area (Å²) in [6.45, 7) is 0. The number of benzene rings is 1. The molecule has 86 valence electrons. The molecule has 1 N–H and O–H groups in total. The fraction of sp³-hybridized carbons (Fsp3) is 0. The molecule has 1 aromatic heterocycles. The van der Waals surface area contributed by atoms with Crippen LogP contribution in [0.25, 0.3) is 16.2 Å². The maximum Gasteiger partial charge on any atom is 0.376 e. The van der Waals surface area contributed by atoms with Crippen molar-refractivity contribution in [1.29, 1.82) is 0 Å². The zero-order valence-corrected chi connectivity index (χ0v) is 9.36. The van der Waals surface area contributed by atoms with Gasteiger partial charge in [-0.15, -0.1) is 11.3 Å². The number of carbonyl (C=O) groups excluding carboxylic acids is 1. The molecule has 0 aliphatic rings. The SMILES string of the molecule is O=C(O)C(=O)/C=C\c1sc2ccccc2c1[O-]. The van der Waals surface area contributed by atoms with Gasteiger partial charge < -0.3 is 10.2 Å². The molecule has 0 unspecified atom stereocenters.